The van der Waals surface area contributed by atoms with Crippen LogP contribution in [-0.4, -0.2) is 32.1 Å². The van der Waals surface area contributed by atoms with Crippen LogP contribution >= 0.6 is 22.9 Å². The van der Waals surface area contributed by atoms with Gasteiger partial charge in [-0.2, -0.15) is 0 Å². The van der Waals surface area contributed by atoms with Crippen LogP contribution in [0.15, 0.2) is 30.3 Å². The van der Waals surface area contributed by atoms with E-state index >= 15 is 0 Å². The zero-order valence-corrected chi connectivity index (χ0v) is 14.3. The van der Waals surface area contributed by atoms with Crippen LogP contribution in [-0.2, 0) is 17.8 Å². The summed E-state index contributed by atoms with van der Waals surface area (Å²) in [4.78, 5) is 15.1. The van der Waals surface area contributed by atoms with Gasteiger partial charge in [-0.05, 0) is 30.3 Å². The van der Waals surface area contributed by atoms with Gasteiger partial charge in [-0.1, -0.05) is 11.6 Å². The molecule has 0 aliphatic rings. The third kappa shape index (κ3) is 4.15. The molecule has 2 rings (SSSR count). The van der Waals surface area contributed by atoms with Gasteiger partial charge in [0.15, 0.2) is 0 Å². The molecule has 0 aliphatic carbocycles. The van der Waals surface area contributed by atoms with Gasteiger partial charge in [0.05, 0.1) is 31.5 Å². The highest BCUT2D eigenvalue weighted by molar-refractivity contribution is 7.16. The van der Waals surface area contributed by atoms with Crippen molar-refractivity contribution >= 4 is 28.8 Å². The maximum Gasteiger partial charge on any atom is 0.227 e. The Labute approximate surface area is 139 Å². The van der Waals surface area contributed by atoms with Crippen molar-refractivity contribution in [1.82, 2.24) is 4.90 Å². The fraction of sp³-hybridized carbons (Fsp3) is 0.312. The standard InChI is InChI=1S/C16H18ClNO3S/c1-18(10-13-5-7-15(17)22-13)16(19)9-11-8-12(20-2)4-6-14(11)21-3/h4-8H,9-10H2,1-3H3. The summed E-state index contributed by atoms with van der Waals surface area (Å²) in [5, 5.41) is 0. The van der Waals surface area contributed by atoms with Gasteiger partial charge in [-0.15, -0.1) is 11.3 Å². The molecular weight excluding hydrogens is 322 g/mol. The summed E-state index contributed by atoms with van der Waals surface area (Å²) in [5.74, 6) is 1.40. The van der Waals surface area contributed by atoms with Gasteiger partial charge in [0.25, 0.3) is 0 Å². The highest BCUT2D eigenvalue weighted by Crippen LogP contribution is 2.26. The lowest BCUT2D eigenvalue weighted by atomic mass is 10.1. The molecular formula is C16H18ClNO3S. The van der Waals surface area contributed by atoms with Crippen LogP contribution in [0.4, 0.5) is 0 Å². The number of hydrogen-bond acceptors (Lipinski definition) is 4. The van der Waals surface area contributed by atoms with Crippen molar-refractivity contribution in [3.05, 3.63) is 45.1 Å². The molecule has 118 valence electrons. The molecule has 1 amide bonds. The molecule has 0 radical (unpaired) electrons. The second-order valence-electron chi connectivity index (χ2n) is 4.81. The number of halogens is 1. The minimum atomic E-state index is 0.0103. The van der Waals surface area contributed by atoms with E-state index in [0.717, 1.165) is 14.8 Å². The van der Waals surface area contributed by atoms with Gasteiger partial charge in [0.2, 0.25) is 5.91 Å². The first-order chi connectivity index (χ1) is 10.5. The van der Waals surface area contributed by atoms with Crippen LogP contribution in [0, 0.1) is 0 Å². The molecule has 2 aromatic rings. The van der Waals surface area contributed by atoms with E-state index in [4.69, 9.17) is 21.1 Å². The maximum absolute atomic E-state index is 12.4. The molecule has 0 N–H and O–H groups in total. The Hall–Kier alpha value is -1.72. The average molecular weight is 340 g/mol. The Balaban J connectivity index is 2.07. The van der Waals surface area contributed by atoms with Gasteiger partial charge in [-0.25, -0.2) is 0 Å². The fourth-order valence-corrected chi connectivity index (χ4v) is 3.22. The van der Waals surface area contributed by atoms with Crippen LogP contribution in [0.1, 0.15) is 10.4 Å². The summed E-state index contributed by atoms with van der Waals surface area (Å²) in [7, 11) is 4.97. The highest BCUT2D eigenvalue weighted by Gasteiger charge is 2.15. The molecule has 0 unspecified atom stereocenters. The van der Waals surface area contributed by atoms with Gasteiger partial charge in [0.1, 0.15) is 11.5 Å². The lowest BCUT2D eigenvalue weighted by molar-refractivity contribution is -0.129. The average Bonchev–Trinajstić information content (AvgIpc) is 2.92. The molecule has 22 heavy (non-hydrogen) atoms. The number of methoxy groups -OCH3 is 2. The van der Waals surface area contributed by atoms with E-state index in [2.05, 4.69) is 0 Å². The molecule has 1 aromatic carbocycles. The zero-order chi connectivity index (χ0) is 16.1. The molecule has 0 fully saturated rings. The second kappa shape index (κ2) is 7.51. The number of carbonyl (C=O) groups is 1. The molecule has 0 aliphatic heterocycles. The predicted octanol–water partition coefficient (Wildman–Crippen LogP) is 3.62. The third-order valence-electron chi connectivity index (χ3n) is 3.28. The number of likely N-dealkylation sites (N-methyl/N-ethyl adjacent to an activating group) is 1. The van der Waals surface area contributed by atoms with Crippen molar-refractivity contribution < 1.29 is 14.3 Å². The Bertz CT molecular complexity index is 657. The molecule has 1 heterocycles. The molecule has 0 atom stereocenters. The monoisotopic (exact) mass is 339 g/mol. The smallest absolute Gasteiger partial charge is 0.227 e. The normalized spacial score (nSPS) is 10.4. The molecule has 0 bridgehead atoms. The van der Waals surface area contributed by atoms with Crippen LogP contribution in [0.3, 0.4) is 0 Å². The number of nitrogens with zero attached hydrogens (tertiary/aromatic N) is 1. The largest absolute Gasteiger partial charge is 0.497 e. The molecule has 4 nitrogen and oxygen atoms in total. The summed E-state index contributed by atoms with van der Waals surface area (Å²) in [6.07, 6.45) is 0.260. The van der Waals surface area contributed by atoms with E-state index in [1.54, 1.807) is 32.2 Å². The van der Waals surface area contributed by atoms with E-state index in [-0.39, 0.29) is 12.3 Å². The Morgan fingerprint density at radius 2 is 2.00 bits per heavy atom. The summed E-state index contributed by atoms with van der Waals surface area (Å²) < 4.78 is 11.2. The first-order valence-electron chi connectivity index (χ1n) is 6.72. The molecule has 1 aromatic heterocycles. The summed E-state index contributed by atoms with van der Waals surface area (Å²) in [6, 6.07) is 9.21. The zero-order valence-electron chi connectivity index (χ0n) is 12.8. The van der Waals surface area contributed by atoms with E-state index < -0.39 is 0 Å². The number of thiophene rings is 1. The molecule has 0 saturated carbocycles. The lowest BCUT2D eigenvalue weighted by Gasteiger charge is -2.17. The Morgan fingerprint density at radius 3 is 2.59 bits per heavy atom. The number of benzene rings is 1. The maximum atomic E-state index is 12.4. The first kappa shape index (κ1) is 16.6. The van der Waals surface area contributed by atoms with Gasteiger partial charge in [-0.3, -0.25) is 4.79 Å². The van der Waals surface area contributed by atoms with Crippen molar-refractivity contribution in [3.63, 3.8) is 0 Å². The SMILES string of the molecule is COc1ccc(OC)c(CC(=O)N(C)Cc2ccc(Cl)s2)c1. The van der Waals surface area contributed by atoms with Crippen LogP contribution in [0.2, 0.25) is 4.34 Å². The summed E-state index contributed by atoms with van der Waals surface area (Å²) in [5.41, 5.74) is 0.808. The number of ether oxygens (including phenoxy) is 2. The van der Waals surface area contributed by atoms with Gasteiger partial charge >= 0.3 is 0 Å². The van der Waals surface area contributed by atoms with Gasteiger partial charge in [0, 0.05) is 17.5 Å². The predicted molar refractivity (Wildman–Crippen MR) is 89.1 cm³/mol. The van der Waals surface area contributed by atoms with Gasteiger partial charge < -0.3 is 14.4 Å². The van der Waals surface area contributed by atoms with Crippen molar-refractivity contribution in [2.24, 2.45) is 0 Å². The fourth-order valence-electron chi connectivity index (χ4n) is 2.08. The van der Waals surface area contributed by atoms with Crippen molar-refractivity contribution in [3.8, 4) is 11.5 Å². The van der Waals surface area contributed by atoms with Crippen molar-refractivity contribution in [2.75, 3.05) is 21.3 Å². The first-order valence-corrected chi connectivity index (χ1v) is 7.92. The molecule has 6 heteroatoms. The Kier molecular flexibility index (Phi) is 5.69. The van der Waals surface area contributed by atoms with E-state index in [1.165, 1.54) is 11.3 Å². The second-order valence-corrected chi connectivity index (χ2v) is 6.61. The lowest BCUT2D eigenvalue weighted by Crippen LogP contribution is -2.27. The summed E-state index contributed by atoms with van der Waals surface area (Å²) >= 11 is 7.39. The minimum Gasteiger partial charge on any atom is -0.497 e. The molecule has 0 saturated heterocycles. The molecule has 0 spiro atoms. The van der Waals surface area contributed by atoms with Crippen LogP contribution in [0.5, 0.6) is 11.5 Å². The van der Waals surface area contributed by atoms with Crippen molar-refractivity contribution in [2.45, 2.75) is 13.0 Å². The van der Waals surface area contributed by atoms with Crippen molar-refractivity contribution in [1.29, 1.82) is 0 Å². The third-order valence-corrected chi connectivity index (χ3v) is 4.49. The van der Waals surface area contributed by atoms with Crippen LogP contribution < -0.4 is 9.47 Å². The topological polar surface area (TPSA) is 38.8 Å². The minimum absolute atomic E-state index is 0.0103. The van der Waals surface area contributed by atoms with E-state index in [9.17, 15) is 4.79 Å². The van der Waals surface area contributed by atoms with Crippen LogP contribution in [0.25, 0.3) is 0 Å². The summed E-state index contributed by atoms with van der Waals surface area (Å²) in [6.45, 7) is 0.544. The Morgan fingerprint density at radius 1 is 1.23 bits per heavy atom. The van der Waals surface area contributed by atoms with E-state index in [0.29, 0.717) is 18.0 Å². The number of carbonyl (C=O) groups excluding carboxylic acids is 1. The number of rotatable bonds is 6. The number of amides is 1. The van der Waals surface area contributed by atoms with E-state index in [1.807, 2.05) is 24.3 Å². The quantitative estimate of drug-likeness (QED) is 0.806. The highest BCUT2D eigenvalue weighted by atomic mass is 35.5. The number of hydrogen-bond donors (Lipinski definition) is 0.